The second kappa shape index (κ2) is 4.55. The van der Waals surface area contributed by atoms with Crippen molar-refractivity contribution in [1.29, 1.82) is 0 Å². The van der Waals surface area contributed by atoms with Crippen molar-refractivity contribution in [1.82, 2.24) is 5.06 Å². The van der Waals surface area contributed by atoms with Crippen LogP contribution in [0.2, 0.25) is 0 Å². The highest BCUT2D eigenvalue weighted by Gasteiger charge is 2.49. The summed E-state index contributed by atoms with van der Waals surface area (Å²) in [7, 11) is 0. The third-order valence-electron chi connectivity index (χ3n) is 5.24. The van der Waals surface area contributed by atoms with Gasteiger partial charge in [0.25, 0.3) is 0 Å². The van der Waals surface area contributed by atoms with Crippen molar-refractivity contribution < 1.29 is 5.21 Å². The van der Waals surface area contributed by atoms with Gasteiger partial charge >= 0.3 is 0 Å². The Morgan fingerprint density at radius 2 is 1.41 bits per heavy atom. The minimum Gasteiger partial charge on any atom is -0.313 e. The number of hydrogen-bond acceptors (Lipinski definition) is 2. The van der Waals surface area contributed by atoms with Gasteiger partial charge in [-0.15, -0.1) is 0 Å². The fourth-order valence-electron chi connectivity index (χ4n) is 3.59. The van der Waals surface area contributed by atoms with E-state index in [0.717, 1.165) is 12.8 Å². The zero-order chi connectivity index (χ0) is 13.5. The Bertz CT molecular complexity index is 248. The minimum absolute atomic E-state index is 0.113. The molecule has 1 aliphatic rings. The molecule has 0 bridgehead atoms. The number of rotatable bonds is 3. The van der Waals surface area contributed by atoms with E-state index >= 15 is 0 Å². The Morgan fingerprint density at radius 1 is 1.06 bits per heavy atom. The predicted molar refractivity (Wildman–Crippen MR) is 73.2 cm³/mol. The smallest absolute Gasteiger partial charge is 0.0413 e. The van der Waals surface area contributed by atoms with Crippen molar-refractivity contribution in [3.05, 3.63) is 0 Å². The molecule has 0 unspecified atom stereocenters. The first kappa shape index (κ1) is 15.0. The van der Waals surface area contributed by atoms with Crippen LogP contribution >= 0.6 is 0 Å². The molecule has 0 amide bonds. The van der Waals surface area contributed by atoms with E-state index in [1.807, 2.05) is 0 Å². The normalized spacial score (nSPS) is 26.1. The molecule has 0 aliphatic carbocycles. The maximum absolute atomic E-state index is 10.3. The highest BCUT2D eigenvalue weighted by Crippen LogP contribution is 2.49. The lowest BCUT2D eigenvalue weighted by atomic mass is 9.62. The minimum atomic E-state index is -0.113. The molecule has 0 saturated carbocycles. The summed E-state index contributed by atoms with van der Waals surface area (Å²) in [5, 5.41) is 11.9. The maximum Gasteiger partial charge on any atom is 0.0413 e. The molecule has 2 nitrogen and oxygen atoms in total. The third kappa shape index (κ3) is 2.68. The molecule has 0 aromatic carbocycles. The molecule has 1 N–H and O–H groups in total. The summed E-state index contributed by atoms with van der Waals surface area (Å²) in [6.45, 7) is 15.7. The zero-order valence-corrected chi connectivity index (χ0v) is 12.8. The molecule has 1 rings (SSSR count). The fourth-order valence-corrected chi connectivity index (χ4v) is 3.59. The Hall–Kier alpha value is -0.0800. The molecule has 0 atom stereocenters. The predicted octanol–water partition coefficient (Wildman–Crippen LogP) is 4.47. The van der Waals surface area contributed by atoms with Crippen LogP contribution in [-0.4, -0.2) is 21.3 Å². The van der Waals surface area contributed by atoms with Gasteiger partial charge in [0.05, 0.1) is 0 Å². The maximum atomic E-state index is 10.3. The Morgan fingerprint density at radius 3 is 1.71 bits per heavy atom. The molecule has 0 aromatic heterocycles. The largest absolute Gasteiger partial charge is 0.313 e. The van der Waals surface area contributed by atoms with Crippen molar-refractivity contribution >= 4 is 0 Å². The second-order valence-electron chi connectivity index (χ2n) is 7.40. The Kier molecular flexibility index (Phi) is 4.01. The van der Waals surface area contributed by atoms with Gasteiger partial charge < -0.3 is 5.21 Å². The third-order valence-corrected chi connectivity index (χ3v) is 5.24. The van der Waals surface area contributed by atoms with Crippen LogP contribution in [0.1, 0.15) is 74.1 Å². The van der Waals surface area contributed by atoms with Gasteiger partial charge in [-0.1, -0.05) is 33.6 Å². The quantitative estimate of drug-likeness (QED) is 0.788. The second-order valence-corrected chi connectivity index (χ2v) is 7.40. The molecule has 0 radical (unpaired) electrons. The molecule has 2 heteroatoms. The number of piperidine rings is 1. The molecule has 1 aliphatic heterocycles. The van der Waals surface area contributed by atoms with Gasteiger partial charge in [-0.3, -0.25) is 0 Å². The van der Waals surface area contributed by atoms with Gasteiger partial charge in [-0.05, 0) is 51.9 Å². The Balaban J connectivity index is 2.99. The van der Waals surface area contributed by atoms with Crippen LogP contribution in [-0.2, 0) is 0 Å². The lowest BCUT2D eigenvalue weighted by Gasteiger charge is -2.55. The molecular formula is C15H31NO. The number of hydrogen-bond donors (Lipinski definition) is 1. The summed E-state index contributed by atoms with van der Waals surface area (Å²) in [5.41, 5.74) is 0.186. The van der Waals surface area contributed by atoms with Crippen molar-refractivity contribution in [2.45, 2.75) is 85.2 Å². The summed E-state index contributed by atoms with van der Waals surface area (Å²) >= 11 is 0. The van der Waals surface area contributed by atoms with Gasteiger partial charge in [0.1, 0.15) is 0 Å². The first-order chi connectivity index (χ1) is 7.59. The van der Waals surface area contributed by atoms with E-state index in [0.29, 0.717) is 11.3 Å². The van der Waals surface area contributed by atoms with Crippen LogP contribution in [0.4, 0.5) is 0 Å². The average molecular weight is 241 g/mol. The molecule has 1 heterocycles. The zero-order valence-electron chi connectivity index (χ0n) is 12.8. The van der Waals surface area contributed by atoms with E-state index in [1.54, 1.807) is 5.06 Å². The van der Waals surface area contributed by atoms with Crippen LogP contribution < -0.4 is 0 Å². The first-order valence-corrected chi connectivity index (χ1v) is 7.08. The molecule has 17 heavy (non-hydrogen) atoms. The van der Waals surface area contributed by atoms with Crippen molar-refractivity contribution in [3.8, 4) is 0 Å². The summed E-state index contributed by atoms with van der Waals surface area (Å²) in [6, 6.07) is 0. The summed E-state index contributed by atoms with van der Waals surface area (Å²) in [6.07, 6.45) is 4.63. The van der Waals surface area contributed by atoms with E-state index in [4.69, 9.17) is 0 Å². The lowest BCUT2D eigenvalue weighted by Crippen LogP contribution is -2.60. The summed E-state index contributed by atoms with van der Waals surface area (Å²) < 4.78 is 0. The lowest BCUT2D eigenvalue weighted by molar-refractivity contribution is -0.258. The van der Waals surface area contributed by atoms with Crippen molar-refractivity contribution in [3.63, 3.8) is 0 Å². The van der Waals surface area contributed by atoms with Crippen molar-refractivity contribution in [2.24, 2.45) is 11.3 Å². The van der Waals surface area contributed by atoms with Crippen LogP contribution in [0, 0.1) is 11.3 Å². The highest BCUT2D eigenvalue weighted by atomic mass is 16.5. The summed E-state index contributed by atoms with van der Waals surface area (Å²) in [5.74, 6) is 0.700. The number of nitrogens with zero attached hydrogens (tertiary/aromatic N) is 1. The molecule has 102 valence electrons. The van der Waals surface area contributed by atoms with Gasteiger partial charge in [-0.2, -0.15) is 5.06 Å². The van der Waals surface area contributed by atoms with E-state index < -0.39 is 0 Å². The van der Waals surface area contributed by atoms with Crippen LogP contribution in [0.5, 0.6) is 0 Å². The molecule has 1 fully saturated rings. The van der Waals surface area contributed by atoms with E-state index in [2.05, 4.69) is 48.5 Å². The fraction of sp³-hybridized carbons (Fsp3) is 1.00. The molecule has 0 spiro atoms. The molecule has 0 aromatic rings. The Labute approximate surface area is 107 Å². The van der Waals surface area contributed by atoms with E-state index in [-0.39, 0.29) is 11.1 Å². The highest BCUT2D eigenvalue weighted by molar-refractivity contribution is 5.00. The number of hydroxylamine groups is 2. The van der Waals surface area contributed by atoms with Crippen LogP contribution in [0.3, 0.4) is 0 Å². The van der Waals surface area contributed by atoms with Crippen LogP contribution in [0.25, 0.3) is 0 Å². The first-order valence-electron chi connectivity index (χ1n) is 7.08. The summed E-state index contributed by atoms with van der Waals surface area (Å²) in [4.78, 5) is 0. The van der Waals surface area contributed by atoms with E-state index in [1.165, 1.54) is 12.8 Å². The molecular weight excluding hydrogens is 210 g/mol. The van der Waals surface area contributed by atoms with Gasteiger partial charge in [0, 0.05) is 11.1 Å². The van der Waals surface area contributed by atoms with Gasteiger partial charge in [0.15, 0.2) is 0 Å². The van der Waals surface area contributed by atoms with Crippen molar-refractivity contribution in [2.75, 3.05) is 0 Å². The van der Waals surface area contributed by atoms with E-state index in [9.17, 15) is 5.21 Å². The SMILES string of the molecule is CCC(C)(CC)C1CC(C)(C)N(O)C(C)(C)C1. The average Bonchev–Trinajstić information content (AvgIpc) is 2.23. The monoisotopic (exact) mass is 241 g/mol. The van der Waals surface area contributed by atoms with Gasteiger partial charge in [0.2, 0.25) is 0 Å². The van der Waals surface area contributed by atoms with Crippen LogP contribution in [0.15, 0.2) is 0 Å². The standard InChI is InChI=1S/C15H31NO/c1-8-15(7,9-2)12-10-13(3,4)16(17)14(5,6)11-12/h12,17H,8-11H2,1-7H3. The van der Waals surface area contributed by atoms with Gasteiger partial charge in [-0.25, -0.2) is 0 Å². The molecule has 1 saturated heterocycles. The topological polar surface area (TPSA) is 23.5 Å².